The van der Waals surface area contributed by atoms with Crippen LogP contribution in [-0.2, 0) is 4.74 Å². The molecule has 2 rings (SSSR count). The monoisotopic (exact) mass is 124 g/mol. The lowest BCUT2D eigenvalue weighted by atomic mass is 10.0. The van der Waals surface area contributed by atoms with Crippen LogP contribution < -0.4 is 11.5 Å². The second kappa shape index (κ2) is 1.20. The van der Waals surface area contributed by atoms with Crippen molar-refractivity contribution in [1.29, 1.82) is 0 Å². The van der Waals surface area contributed by atoms with Crippen LogP contribution >= 0.6 is 0 Å². The quantitative estimate of drug-likeness (QED) is 0.439. The first-order chi connectivity index (χ1) is 4.17. The summed E-state index contributed by atoms with van der Waals surface area (Å²) in [6, 6.07) is 0. The van der Waals surface area contributed by atoms with Gasteiger partial charge in [0.25, 0.3) is 0 Å². The summed E-state index contributed by atoms with van der Waals surface area (Å²) in [4.78, 5) is 0. The molecule has 0 saturated heterocycles. The zero-order chi connectivity index (χ0) is 6.48. The van der Waals surface area contributed by atoms with Gasteiger partial charge < -0.3 is 16.2 Å². The smallest absolute Gasteiger partial charge is 0.165 e. The van der Waals surface area contributed by atoms with Crippen LogP contribution in [0.15, 0.2) is 23.7 Å². The van der Waals surface area contributed by atoms with Gasteiger partial charge >= 0.3 is 0 Å². The van der Waals surface area contributed by atoms with E-state index in [4.69, 9.17) is 16.2 Å². The van der Waals surface area contributed by atoms with Gasteiger partial charge in [-0.05, 0) is 12.2 Å². The number of rotatable bonds is 0. The molecule has 9 heavy (non-hydrogen) atoms. The maximum atomic E-state index is 5.57. The Bertz CT molecular complexity index is 215. The summed E-state index contributed by atoms with van der Waals surface area (Å²) in [7, 11) is 0. The van der Waals surface area contributed by atoms with Crippen molar-refractivity contribution in [2.45, 2.75) is 12.1 Å². The third kappa shape index (κ3) is 0.742. The Morgan fingerprint density at radius 1 is 1.56 bits per heavy atom. The standard InChI is InChI=1S/C6H8N2O/c7-6(8)2-1-4-5(3-6)9-4/h1-2H,3,7-8H2. The van der Waals surface area contributed by atoms with E-state index in [1.54, 1.807) is 6.08 Å². The number of nitrogens with two attached hydrogens (primary N) is 2. The molecule has 1 aliphatic carbocycles. The van der Waals surface area contributed by atoms with Crippen LogP contribution in [0.1, 0.15) is 6.42 Å². The van der Waals surface area contributed by atoms with Crippen LogP contribution in [0, 0.1) is 0 Å². The lowest BCUT2D eigenvalue weighted by molar-refractivity contribution is 0.434. The Hall–Kier alpha value is -0.800. The summed E-state index contributed by atoms with van der Waals surface area (Å²) in [6.07, 6.45) is 4.22. The van der Waals surface area contributed by atoms with Gasteiger partial charge in [0.05, 0.1) is 5.66 Å². The fourth-order valence-corrected chi connectivity index (χ4v) is 0.925. The first-order valence-electron chi connectivity index (χ1n) is 2.85. The first-order valence-corrected chi connectivity index (χ1v) is 2.85. The summed E-state index contributed by atoms with van der Waals surface area (Å²) < 4.78 is 5.00. The first kappa shape index (κ1) is 5.02. The highest BCUT2D eigenvalue weighted by Crippen LogP contribution is 2.36. The Labute approximate surface area is 53.0 Å². The molecule has 3 nitrogen and oxygen atoms in total. The van der Waals surface area contributed by atoms with Crippen LogP contribution in [0.4, 0.5) is 0 Å². The van der Waals surface area contributed by atoms with Gasteiger partial charge in [-0.1, -0.05) is 0 Å². The van der Waals surface area contributed by atoms with E-state index in [1.807, 2.05) is 6.08 Å². The van der Waals surface area contributed by atoms with Crippen LogP contribution in [-0.4, -0.2) is 5.66 Å². The van der Waals surface area contributed by atoms with E-state index in [1.165, 1.54) is 0 Å². The molecular formula is C6H8N2O. The van der Waals surface area contributed by atoms with Crippen molar-refractivity contribution in [3.8, 4) is 0 Å². The minimum absolute atomic E-state index is 0.638. The molecular weight excluding hydrogens is 116 g/mol. The lowest BCUT2D eigenvalue weighted by Crippen LogP contribution is -2.47. The zero-order valence-corrected chi connectivity index (χ0v) is 4.92. The lowest BCUT2D eigenvalue weighted by Gasteiger charge is -2.17. The molecule has 0 aromatic heterocycles. The average molecular weight is 124 g/mol. The van der Waals surface area contributed by atoms with E-state index in [0.717, 1.165) is 11.5 Å². The van der Waals surface area contributed by atoms with Crippen molar-refractivity contribution < 1.29 is 4.74 Å². The summed E-state index contributed by atoms with van der Waals surface area (Å²) >= 11 is 0. The van der Waals surface area contributed by atoms with Gasteiger partial charge in [0.15, 0.2) is 11.5 Å². The highest BCUT2D eigenvalue weighted by atomic mass is 16.6. The molecule has 48 valence electrons. The summed E-state index contributed by atoms with van der Waals surface area (Å²) in [5.74, 6) is 1.89. The van der Waals surface area contributed by atoms with Crippen molar-refractivity contribution in [3.63, 3.8) is 0 Å². The topological polar surface area (TPSA) is 64.6 Å². The molecule has 1 heterocycles. The normalized spacial score (nSPS) is 27.3. The number of hydrogen-bond acceptors (Lipinski definition) is 3. The largest absolute Gasteiger partial charge is 0.454 e. The van der Waals surface area contributed by atoms with Crippen LogP contribution in [0.5, 0.6) is 0 Å². The Kier molecular flexibility index (Phi) is 0.668. The number of hydrogen-bond donors (Lipinski definition) is 2. The van der Waals surface area contributed by atoms with Gasteiger partial charge in [-0.25, -0.2) is 0 Å². The molecule has 0 fully saturated rings. The molecule has 3 heteroatoms. The van der Waals surface area contributed by atoms with E-state index in [-0.39, 0.29) is 0 Å². The Morgan fingerprint density at radius 3 is 2.89 bits per heavy atom. The Balaban J connectivity index is 2.25. The minimum atomic E-state index is -0.671. The fourth-order valence-electron chi connectivity index (χ4n) is 0.925. The third-order valence-electron chi connectivity index (χ3n) is 1.48. The van der Waals surface area contributed by atoms with Crippen LogP contribution in [0.25, 0.3) is 0 Å². The van der Waals surface area contributed by atoms with Crippen molar-refractivity contribution in [2.24, 2.45) is 11.5 Å². The number of ether oxygens (including phenoxy) is 1. The Morgan fingerprint density at radius 2 is 2.33 bits per heavy atom. The molecule has 0 radical (unpaired) electrons. The van der Waals surface area contributed by atoms with Crippen molar-refractivity contribution >= 4 is 0 Å². The number of allylic oxidation sites excluding steroid dienone is 1. The molecule has 1 aliphatic heterocycles. The van der Waals surface area contributed by atoms with Crippen molar-refractivity contribution in [3.05, 3.63) is 23.7 Å². The van der Waals surface area contributed by atoms with Gasteiger partial charge in [0, 0.05) is 6.42 Å². The SMILES string of the molecule is NC1(N)C=CC2=C(C1)O2. The third-order valence-corrected chi connectivity index (χ3v) is 1.48. The van der Waals surface area contributed by atoms with Gasteiger partial charge in [0.1, 0.15) is 0 Å². The molecule has 0 unspecified atom stereocenters. The summed E-state index contributed by atoms with van der Waals surface area (Å²) in [5, 5.41) is 0. The van der Waals surface area contributed by atoms with E-state index in [9.17, 15) is 0 Å². The highest BCUT2D eigenvalue weighted by molar-refractivity contribution is 5.37. The molecule has 0 amide bonds. The molecule has 4 N–H and O–H groups in total. The molecule has 0 saturated carbocycles. The highest BCUT2D eigenvalue weighted by Gasteiger charge is 2.33. The second-order valence-corrected chi connectivity index (χ2v) is 2.51. The molecule has 2 aliphatic rings. The van der Waals surface area contributed by atoms with Gasteiger partial charge in [-0.2, -0.15) is 0 Å². The van der Waals surface area contributed by atoms with E-state index < -0.39 is 5.66 Å². The van der Waals surface area contributed by atoms with Crippen molar-refractivity contribution in [1.82, 2.24) is 0 Å². The van der Waals surface area contributed by atoms with E-state index >= 15 is 0 Å². The molecule has 0 aromatic carbocycles. The second-order valence-electron chi connectivity index (χ2n) is 2.51. The van der Waals surface area contributed by atoms with Crippen LogP contribution in [0.3, 0.4) is 0 Å². The molecule has 0 bridgehead atoms. The van der Waals surface area contributed by atoms with Gasteiger partial charge in [-0.15, -0.1) is 0 Å². The minimum Gasteiger partial charge on any atom is -0.454 e. The summed E-state index contributed by atoms with van der Waals surface area (Å²) in [6.45, 7) is 0. The molecule has 0 aromatic rings. The molecule has 0 spiro atoms. The maximum Gasteiger partial charge on any atom is 0.165 e. The van der Waals surface area contributed by atoms with E-state index in [0.29, 0.717) is 6.42 Å². The molecule has 0 atom stereocenters. The maximum absolute atomic E-state index is 5.57. The van der Waals surface area contributed by atoms with Crippen molar-refractivity contribution in [2.75, 3.05) is 0 Å². The van der Waals surface area contributed by atoms with Gasteiger partial charge in [-0.3, -0.25) is 0 Å². The van der Waals surface area contributed by atoms with Gasteiger partial charge in [0.2, 0.25) is 0 Å². The average Bonchev–Trinajstić information content (AvgIpc) is 2.41. The fraction of sp³-hybridized carbons (Fsp3) is 0.333. The summed E-state index contributed by atoms with van der Waals surface area (Å²) in [5.41, 5.74) is 10.5. The van der Waals surface area contributed by atoms with Crippen LogP contribution in [0.2, 0.25) is 0 Å². The van der Waals surface area contributed by atoms with E-state index in [2.05, 4.69) is 0 Å². The zero-order valence-electron chi connectivity index (χ0n) is 4.92. The predicted molar refractivity (Wildman–Crippen MR) is 33.0 cm³/mol. The predicted octanol–water partition coefficient (Wildman–Crippen LogP) is -0.198.